The third kappa shape index (κ3) is 3.28. The third-order valence-electron chi connectivity index (χ3n) is 3.02. The summed E-state index contributed by atoms with van der Waals surface area (Å²) in [7, 11) is 0. The van der Waals surface area contributed by atoms with Gasteiger partial charge in [0.05, 0.1) is 6.10 Å². The predicted octanol–water partition coefficient (Wildman–Crippen LogP) is 1.94. The van der Waals surface area contributed by atoms with Crippen LogP contribution in [0.3, 0.4) is 0 Å². The van der Waals surface area contributed by atoms with Crippen LogP contribution in [0.1, 0.15) is 39.0 Å². The van der Waals surface area contributed by atoms with Crippen LogP contribution in [0.15, 0.2) is 0 Å². The summed E-state index contributed by atoms with van der Waals surface area (Å²) in [6, 6.07) is 0.854. The average molecular weight is 183 g/mol. The standard InChI is InChI=1S/C11H21NO/c1-9(8-12-10-4-5-10)7-11-3-2-6-13-11/h9-12H,2-8H2,1H3. The largest absolute Gasteiger partial charge is 0.378 e. The number of rotatable bonds is 5. The van der Waals surface area contributed by atoms with Gasteiger partial charge in [0.25, 0.3) is 0 Å². The molecule has 0 spiro atoms. The highest BCUT2D eigenvalue weighted by Crippen LogP contribution is 2.22. The first-order valence-electron chi connectivity index (χ1n) is 5.69. The van der Waals surface area contributed by atoms with E-state index in [-0.39, 0.29) is 0 Å². The Morgan fingerprint density at radius 1 is 1.38 bits per heavy atom. The van der Waals surface area contributed by atoms with Crippen molar-refractivity contribution >= 4 is 0 Å². The summed E-state index contributed by atoms with van der Waals surface area (Å²) in [5.74, 6) is 0.781. The van der Waals surface area contributed by atoms with E-state index in [2.05, 4.69) is 12.2 Å². The van der Waals surface area contributed by atoms with Crippen molar-refractivity contribution in [2.24, 2.45) is 5.92 Å². The highest BCUT2D eigenvalue weighted by molar-refractivity contribution is 4.81. The van der Waals surface area contributed by atoms with Crippen LogP contribution in [0.2, 0.25) is 0 Å². The van der Waals surface area contributed by atoms with Crippen molar-refractivity contribution in [2.75, 3.05) is 13.2 Å². The van der Waals surface area contributed by atoms with E-state index in [1.165, 1.54) is 38.6 Å². The molecule has 2 aliphatic rings. The Labute approximate surface area is 81.0 Å². The molecule has 2 heteroatoms. The van der Waals surface area contributed by atoms with Gasteiger partial charge in [0.1, 0.15) is 0 Å². The Morgan fingerprint density at radius 2 is 2.23 bits per heavy atom. The molecule has 0 aromatic heterocycles. The van der Waals surface area contributed by atoms with Crippen LogP contribution < -0.4 is 5.32 Å². The summed E-state index contributed by atoms with van der Waals surface area (Å²) in [6.45, 7) is 4.51. The quantitative estimate of drug-likeness (QED) is 0.703. The molecule has 1 N–H and O–H groups in total. The highest BCUT2D eigenvalue weighted by Gasteiger charge is 2.22. The van der Waals surface area contributed by atoms with Crippen LogP contribution in [0.5, 0.6) is 0 Å². The van der Waals surface area contributed by atoms with Gasteiger partial charge in [0.2, 0.25) is 0 Å². The van der Waals surface area contributed by atoms with Crippen molar-refractivity contribution in [2.45, 2.75) is 51.2 Å². The highest BCUT2D eigenvalue weighted by atomic mass is 16.5. The molecular formula is C11H21NO. The zero-order valence-electron chi connectivity index (χ0n) is 8.59. The minimum absolute atomic E-state index is 0.566. The summed E-state index contributed by atoms with van der Waals surface area (Å²) >= 11 is 0. The van der Waals surface area contributed by atoms with Gasteiger partial charge in [-0.2, -0.15) is 0 Å². The zero-order valence-corrected chi connectivity index (χ0v) is 8.59. The lowest BCUT2D eigenvalue weighted by Crippen LogP contribution is -2.25. The fraction of sp³-hybridized carbons (Fsp3) is 1.00. The van der Waals surface area contributed by atoms with Crippen LogP contribution in [0, 0.1) is 5.92 Å². The smallest absolute Gasteiger partial charge is 0.0579 e. The van der Waals surface area contributed by atoms with E-state index >= 15 is 0 Å². The lowest BCUT2D eigenvalue weighted by Gasteiger charge is -2.16. The minimum atomic E-state index is 0.566. The molecule has 1 saturated heterocycles. The molecule has 2 nitrogen and oxygen atoms in total. The Bertz CT molecular complexity index is 150. The molecule has 1 aliphatic heterocycles. The van der Waals surface area contributed by atoms with E-state index in [1.54, 1.807) is 0 Å². The maximum absolute atomic E-state index is 5.62. The van der Waals surface area contributed by atoms with Crippen LogP contribution in [-0.2, 0) is 4.74 Å². The molecular weight excluding hydrogens is 162 g/mol. The van der Waals surface area contributed by atoms with Gasteiger partial charge in [-0.25, -0.2) is 0 Å². The number of nitrogens with one attached hydrogen (secondary N) is 1. The van der Waals surface area contributed by atoms with Gasteiger partial charge in [-0.1, -0.05) is 6.92 Å². The first-order chi connectivity index (χ1) is 6.34. The third-order valence-corrected chi connectivity index (χ3v) is 3.02. The summed E-state index contributed by atoms with van der Waals surface area (Å²) in [4.78, 5) is 0. The number of ether oxygens (including phenoxy) is 1. The maximum Gasteiger partial charge on any atom is 0.0579 e. The average Bonchev–Trinajstić information content (AvgIpc) is 2.82. The topological polar surface area (TPSA) is 21.3 Å². The van der Waals surface area contributed by atoms with Gasteiger partial charge in [0.15, 0.2) is 0 Å². The summed E-state index contributed by atoms with van der Waals surface area (Å²) < 4.78 is 5.62. The molecule has 1 aliphatic carbocycles. The fourth-order valence-corrected chi connectivity index (χ4v) is 2.02. The second-order valence-electron chi connectivity index (χ2n) is 4.66. The normalized spacial score (nSPS) is 30.7. The Hall–Kier alpha value is -0.0800. The van der Waals surface area contributed by atoms with Crippen molar-refractivity contribution in [3.8, 4) is 0 Å². The van der Waals surface area contributed by atoms with Gasteiger partial charge in [0, 0.05) is 12.6 Å². The second kappa shape index (κ2) is 4.43. The Morgan fingerprint density at radius 3 is 2.85 bits per heavy atom. The zero-order chi connectivity index (χ0) is 9.10. The monoisotopic (exact) mass is 183 g/mol. The molecule has 2 fully saturated rings. The van der Waals surface area contributed by atoms with Crippen molar-refractivity contribution in [3.05, 3.63) is 0 Å². The number of hydrogen-bond donors (Lipinski definition) is 1. The lowest BCUT2D eigenvalue weighted by atomic mass is 10.0. The molecule has 13 heavy (non-hydrogen) atoms. The molecule has 1 heterocycles. The molecule has 2 rings (SSSR count). The van der Waals surface area contributed by atoms with Gasteiger partial charge < -0.3 is 10.1 Å². The molecule has 0 bridgehead atoms. The van der Waals surface area contributed by atoms with Crippen LogP contribution in [0.4, 0.5) is 0 Å². The van der Waals surface area contributed by atoms with Crippen molar-refractivity contribution < 1.29 is 4.74 Å². The molecule has 0 aromatic rings. The van der Waals surface area contributed by atoms with E-state index < -0.39 is 0 Å². The van der Waals surface area contributed by atoms with Gasteiger partial charge in [-0.15, -0.1) is 0 Å². The molecule has 2 atom stereocenters. The van der Waals surface area contributed by atoms with Crippen molar-refractivity contribution in [3.63, 3.8) is 0 Å². The molecule has 2 unspecified atom stereocenters. The van der Waals surface area contributed by atoms with Gasteiger partial charge in [-0.3, -0.25) is 0 Å². The summed E-state index contributed by atoms with van der Waals surface area (Å²) in [6.07, 6.45) is 7.16. The minimum Gasteiger partial charge on any atom is -0.378 e. The Balaban J connectivity index is 1.56. The van der Waals surface area contributed by atoms with Crippen LogP contribution in [-0.4, -0.2) is 25.3 Å². The first-order valence-corrected chi connectivity index (χ1v) is 5.69. The fourth-order valence-electron chi connectivity index (χ4n) is 2.02. The van der Waals surface area contributed by atoms with Crippen molar-refractivity contribution in [1.82, 2.24) is 5.32 Å². The van der Waals surface area contributed by atoms with Crippen LogP contribution >= 0.6 is 0 Å². The SMILES string of the molecule is CC(CNC1CC1)CC1CCCO1. The van der Waals surface area contributed by atoms with Gasteiger partial charge >= 0.3 is 0 Å². The lowest BCUT2D eigenvalue weighted by molar-refractivity contribution is 0.0916. The van der Waals surface area contributed by atoms with Crippen LogP contribution in [0.25, 0.3) is 0 Å². The van der Waals surface area contributed by atoms with Crippen molar-refractivity contribution in [1.29, 1.82) is 0 Å². The van der Waals surface area contributed by atoms with E-state index in [0.717, 1.165) is 18.6 Å². The van der Waals surface area contributed by atoms with Gasteiger partial charge in [-0.05, 0) is 44.6 Å². The first kappa shape index (κ1) is 9.47. The van der Waals surface area contributed by atoms with E-state index in [4.69, 9.17) is 4.74 Å². The van der Waals surface area contributed by atoms with E-state index in [0.29, 0.717) is 6.10 Å². The summed E-state index contributed by atoms with van der Waals surface area (Å²) in [5, 5.41) is 3.57. The molecule has 0 radical (unpaired) electrons. The number of hydrogen-bond acceptors (Lipinski definition) is 2. The molecule has 1 saturated carbocycles. The van der Waals surface area contributed by atoms with E-state index in [1.807, 2.05) is 0 Å². The maximum atomic E-state index is 5.62. The molecule has 0 amide bonds. The predicted molar refractivity (Wildman–Crippen MR) is 53.8 cm³/mol. The second-order valence-corrected chi connectivity index (χ2v) is 4.66. The summed E-state index contributed by atoms with van der Waals surface area (Å²) in [5.41, 5.74) is 0. The molecule has 76 valence electrons. The molecule has 0 aromatic carbocycles. The Kier molecular flexibility index (Phi) is 3.23. The van der Waals surface area contributed by atoms with E-state index in [9.17, 15) is 0 Å².